The second kappa shape index (κ2) is 9.22. The van der Waals surface area contributed by atoms with Gasteiger partial charge < -0.3 is 15.4 Å². The van der Waals surface area contributed by atoms with Crippen LogP contribution in [0.2, 0.25) is 5.02 Å². The summed E-state index contributed by atoms with van der Waals surface area (Å²) in [6.07, 6.45) is 1.64. The van der Waals surface area contributed by atoms with E-state index in [1.54, 1.807) is 36.5 Å². The van der Waals surface area contributed by atoms with Crippen molar-refractivity contribution in [1.82, 2.24) is 10.3 Å². The first-order valence-corrected chi connectivity index (χ1v) is 10.3. The van der Waals surface area contributed by atoms with Crippen molar-refractivity contribution < 1.29 is 14.3 Å². The van der Waals surface area contributed by atoms with E-state index in [0.717, 1.165) is 22.1 Å². The number of aromatic nitrogens is 1. The predicted octanol–water partition coefficient (Wildman–Crippen LogP) is 5.73. The van der Waals surface area contributed by atoms with Crippen molar-refractivity contribution in [2.75, 3.05) is 17.2 Å². The van der Waals surface area contributed by atoms with Crippen LogP contribution in [0, 0.1) is 0 Å². The number of carbonyl (C=O) groups is 2. The first-order valence-electron chi connectivity index (χ1n) is 9.90. The largest absolute Gasteiger partial charge is 0.456 e. The van der Waals surface area contributed by atoms with Gasteiger partial charge in [-0.25, -0.2) is 14.6 Å². The first-order chi connectivity index (χ1) is 14.7. The van der Waals surface area contributed by atoms with Crippen molar-refractivity contribution >= 4 is 51.6 Å². The molecular formula is C23H25ClN4O3. The number of hydrogen-bond acceptors (Lipinski definition) is 5. The van der Waals surface area contributed by atoms with Gasteiger partial charge in [0, 0.05) is 39.9 Å². The highest BCUT2D eigenvalue weighted by molar-refractivity contribution is 6.36. The minimum absolute atomic E-state index is 0.335. The van der Waals surface area contributed by atoms with Crippen LogP contribution >= 0.6 is 11.6 Å². The quantitative estimate of drug-likeness (QED) is 0.440. The lowest BCUT2D eigenvalue weighted by atomic mass is 10.1. The van der Waals surface area contributed by atoms with Gasteiger partial charge in [-0.3, -0.25) is 5.32 Å². The van der Waals surface area contributed by atoms with Gasteiger partial charge in [-0.15, -0.1) is 0 Å². The number of fused-ring (bicyclic) bond motifs is 1. The van der Waals surface area contributed by atoms with E-state index in [1.165, 1.54) is 0 Å². The van der Waals surface area contributed by atoms with Crippen LogP contribution in [0.3, 0.4) is 0 Å². The Labute approximate surface area is 186 Å². The number of amides is 2. The van der Waals surface area contributed by atoms with Crippen LogP contribution in [0.15, 0.2) is 48.7 Å². The number of esters is 1. The van der Waals surface area contributed by atoms with Gasteiger partial charge in [0.05, 0.1) is 5.56 Å². The molecule has 0 atom stereocenters. The lowest BCUT2D eigenvalue weighted by Crippen LogP contribution is -2.28. The zero-order valence-electron chi connectivity index (χ0n) is 17.9. The molecule has 3 N–H and O–H groups in total. The second-order valence-corrected chi connectivity index (χ2v) is 8.31. The highest BCUT2D eigenvalue weighted by Crippen LogP contribution is 2.33. The van der Waals surface area contributed by atoms with E-state index in [1.807, 2.05) is 39.8 Å². The van der Waals surface area contributed by atoms with E-state index in [0.29, 0.717) is 22.9 Å². The third-order valence-corrected chi connectivity index (χ3v) is 4.53. The molecule has 2 aromatic carbocycles. The van der Waals surface area contributed by atoms with E-state index < -0.39 is 5.60 Å². The monoisotopic (exact) mass is 440 g/mol. The van der Waals surface area contributed by atoms with Gasteiger partial charge in [0.25, 0.3) is 0 Å². The van der Waals surface area contributed by atoms with Crippen LogP contribution in [0.1, 0.15) is 38.1 Å². The number of pyridine rings is 1. The van der Waals surface area contributed by atoms with E-state index in [9.17, 15) is 9.59 Å². The molecule has 0 saturated heterocycles. The number of halogens is 1. The number of benzene rings is 2. The number of anilines is 3. The SMILES string of the molecule is CCNC(=O)Nc1cc2c(Cl)ccc(Nc3cccc(C(=O)OC(C)(C)C)c3)c2cn1. The van der Waals surface area contributed by atoms with E-state index in [2.05, 4.69) is 20.9 Å². The Morgan fingerprint density at radius 1 is 1.10 bits per heavy atom. The number of carbonyl (C=O) groups excluding carboxylic acids is 2. The van der Waals surface area contributed by atoms with Gasteiger partial charge in [-0.1, -0.05) is 17.7 Å². The van der Waals surface area contributed by atoms with Crippen molar-refractivity contribution in [3.05, 3.63) is 59.2 Å². The summed E-state index contributed by atoms with van der Waals surface area (Å²) in [6.45, 7) is 7.83. The van der Waals surface area contributed by atoms with Gasteiger partial charge in [0.15, 0.2) is 0 Å². The van der Waals surface area contributed by atoms with Gasteiger partial charge in [-0.2, -0.15) is 0 Å². The van der Waals surface area contributed by atoms with Crippen LogP contribution < -0.4 is 16.0 Å². The Morgan fingerprint density at radius 3 is 2.58 bits per heavy atom. The summed E-state index contributed by atoms with van der Waals surface area (Å²) >= 11 is 6.38. The highest BCUT2D eigenvalue weighted by atomic mass is 35.5. The summed E-state index contributed by atoms with van der Waals surface area (Å²) in [4.78, 5) is 28.5. The lowest BCUT2D eigenvalue weighted by molar-refractivity contribution is 0.00695. The molecule has 0 fully saturated rings. The molecule has 0 aliphatic carbocycles. The number of ether oxygens (including phenoxy) is 1. The van der Waals surface area contributed by atoms with Crippen LogP contribution in [0.4, 0.5) is 22.0 Å². The molecule has 2 amide bonds. The standard InChI is InChI=1S/C23H25ClN4O3/c1-5-25-22(30)28-20-12-16-17(13-26-20)19(10-9-18(16)24)27-15-8-6-7-14(11-15)21(29)31-23(2,3)4/h6-13,27H,5H2,1-4H3,(H2,25,26,28,30). The Morgan fingerprint density at radius 2 is 1.87 bits per heavy atom. The van der Waals surface area contributed by atoms with Gasteiger partial charge in [-0.05, 0) is 64.1 Å². The molecule has 3 rings (SSSR count). The van der Waals surface area contributed by atoms with Crippen LogP contribution in [0.5, 0.6) is 0 Å². The average molecular weight is 441 g/mol. The number of hydrogen-bond donors (Lipinski definition) is 3. The van der Waals surface area contributed by atoms with E-state index >= 15 is 0 Å². The fourth-order valence-corrected chi connectivity index (χ4v) is 3.14. The van der Waals surface area contributed by atoms with Crippen molar-refractivity contribution in [1.29, 1.82) is 0 Å². The van der Waals surface area contributed by atoms with Crippen LogP contribution in [-0.2, 0) is 4.74 Å². The Hall–Kier alpha value is -3.32. The summed E-state index contributed by atoms with van der Waals surface area (Å²) in [6, 6.07) is 12.1. The molecule has 8 heteroatoms. The van der Waals surface area contributed by atoms with E-state index in [4.69, 9.17) is 16.3 Å². The molecule has 0 spiro atoms. The molecule has 0 radical (unpaired) electrons. The van der Waals surface area contributed by atoms with Crippen LogP contribution in [0.25, 0.3) is 10.8 Å². The number of nitrogens with one attached hydrogen (secondary N) is 3. The van der Waals surface area contributed by atoms with Crippen molar-refractivity contribution in [3.8, 4) is 0 Å². The average Bonchev–Trinajstić information content (AvgIpc) is 2.69. The Balaban J connectivity index is 1.88. The lowest BCUT2D eigenvalue weighted by Gasteiger charge is -2.19. The van der Waals surface area contributed by atoms with Gasteiger partial charge >= 0.3 is 12.0 Å². The normalized spacial score (nSPS) is 11.1. The molecule has 7 nitrogen and oxygen atoms in total. The van der Waals surface area contributed by atoms with E-state index in [-0.39, 0.29) is 12.0 Å². The summed E-state index contributed by atoms with van der Waals surface area (Å²) in [5, 5.41) is 10.7. The summed E-state index contributed by atoms with van der Waals surface area (Å²) in [5.41, 5.74) is 1.36. The van der Waals surface area contributed by atoms with Crippen molar-refractivity contribution in [2.24, 2.45) is 0 Å². The number of nitrogens with zero attached hydrogens (tertiary/aromatic N) is 1. The molecule has 0 aliphatic heterocycles. The molecule has 31 heavy (non-hydrogen) atoms. The summed E-state index contributed by atoms with van der Waals surface area (Å²) in [7, 11) is 0. The summed E-state index contributed by atoms with van der Waals surface area (Å²) in [5.74, 6) is 0.00396. The third-order valence-electron chi connectivity index (χ3n) is 4.20. The Kier molecular flexibility index (Phi) is 6.65. The maximum Gasteiger partial charge on any atom is 0.338 e. The zero-order chi connectivity index (χ0) is 22.6. The first kappa shape index (κ1) is 22.4. The minimum atomic E-state index is -0.571. The van der Waals surface area contributed by atoms with Crippen molar-refractivity contribution in [2.45, 2.75) is 33.3 Å². The maximum absolute atomic E-state index is 12.4. The molecule has 0 unspecified atom stereocenters. The predicted molar refractivity (Wildman–Crippen MR) is 124 cm³/mol. The molecule has 0 bridgehead atoms. The zero-order valence-corrected chi connectivity index (χ0v) is 18.6. The number of urea groups is 1. The fraction of sp³-hybridized carbons (Fsp3) is 0.261. The highest BCUT2D eigenvalue weighted by Gasteiger charge is 2.18. The second-order valence-electron chi connectivity index (χ2n) is 7.90. The molecular weight excluding hydrogens is 416 g/mol. The topological polar surface area (TPSA) is 92.4 Å². The molecule has 1 aromatic heterocycles. The maximum atomic E-state index is 12.4. The minimum Gasteiger partial charge on any atom is -0.456 e. The molecule has 3 aromatic rings. The summed E-state index contributed by atoms with van der Waals surface area (Å²) < 4.78 is 5.44. The van der Waals surface area contributed by atoms with Crippen LogP contribution in [-0.4, -0.2) is 29.1 Å². The molecule has 0 saturated carbocycles. The van der Waals surface area contributed by atoms with Gasteiger partial charge in [0.2, 0.25) is 0 Å². The third kappa shape index (κ3) is 5.86. The smallest absolute Gasteiger partial charge is 0.338 e. The van der Waals surface area contributed by atoms with Gasteiger partial charge in [0.1, 0.15) is 11.4 Å². The molecule has 1 heterocycles. The fourth-order valence-electron chi connectivity index (χ4n) is 2.92. The Bertz CT molecular complexity index is 1130. The molecule has 0 aliphatic rings. The number of rotatable bonds is 5. The molecule has 162 valence electrons. The van der Waals surface area contributed by atoms with Crippen molar-refractivity contribution in [3.63, 3.8) is 0 Å².